The fourth-order valence-corrected chi connectivity index (χ4v) is 2.04. The van der Waals surface area contributed by atoms with Crippen LogP contribution in [0.1, 0.15) is 0 Å². The molecule has 0 aromatic carbocycles. The summed E-state index contributed by atoms with van der Waals surface area (Å²) in [5.41, 5.74) is 0. The molecule has 204 valence electrons. The summed E-state index contributed by atoms with van der Waals surface area (Å²) >= 11 is 0. The number of alkyl halides is 22. The number of rotatable bonds is 7. The van der Waals surface area contributed by atoms with Gasteiger partial charge in [-0.2, -0.15) is 96.6 Å². The van der Waals surface area contributed by atoms with Crippen LogP contribution in [0.2, 0.25) is 0 Å². The minimum Gasteiger partial charge on any atom is -0.286 e. The summed E-state index contributed by atoms with van der Waals surface area (Å²) in [4.78, 5) is 0. The maximum atomic E-state index is 13.4. The van der Waals surface area contributed by atoms with Gasteiger partial charge in [0.2, 0.25) is 0 Å². The second-order valence-electron chi connectivity index (χ2n) is 6.31. The van der Waals surface area contributed by atoms with Crippen molar-refractivity contribution in [2.75, 3.05) is 0 Å². The van der Waals surface area contributed by atoms with Crippen molar-refractivity contribution in [3.8, 4) is 0 Å². The molecule has 0 bridgehead atoms. The SMILES string of the molecule is FC(F)(F)C(F)(F)C(F)(F)C(F)(F)C(F)(F)C(F)(F)C(F)(F)C(F)(F)C1(F)OC1(F)C(F)(F)F. The van der Waals surface area contributed by atoms with Gasteiger partial charge in [-0.25, -0.2) is 0 Å². The predicted molar refractivity (Wildman–Crippen MR) is 55.5 cm³/mol. The molecule has 0 aromatic heterocycles. The summed E-state index contributed by atoms with van der Waals surface area (Å²) in [5, 5.41) is 0. The van der Waals surface area contributed by atoms with E-state index in [1.54, 1.807) is 0 Å². The molecule has 0 radical (unpaired) electrons. The van der Waals surface area contributed by atoms with Gasteiger partial charge in [0.1, 0.15) is 0 Å². The van der Waals surface area contributed by atoms with E-state index in [0.29, 0.717) is 0 Å². The Morgan fingerprint density at radius 1 is 0.353 bits per heavy atom. The van der Waals surface area contributed by atoms with Crippen molar-refractivity contribution >= 4 is 0 Å². The largest absolute Gasteiger partial charge is 0.460 e. The van der Waals surface area contributed by atoms with Gasteiger partial charge in [0.25, 0.3) is 0 Å². The third-order valence-electron chi connectivity index (χ3n) is 4.14. The Bertz CT molecular complexity index is 803. The predicted octanol–water partition coefficient (Wildman–Crippen LogP) is 6.92. The van der Waals surface area contributed by atoms with Crippen LogP contribution in [0.4, 0.5) is 96.6 Å². The van der Waals surface area contributed by atoms with Crippen molar-refractivity contribution in [1.29, 1.82) is 0 Å². The summed E-state index contributed by atoms with van der Waals surface area (Å²) in [6, 6.07) is 0. The first-order valence-corrected chi connectivity index (χ1v) is 7.07. The quantitative estimate of drug-likeness (QED) is 0.241. The Balaban J connectivity index is 3.72. The van der Waals surface area contributed by atoms with Crippen molar-refractivity contribution in [2.24, 2.45) is 0 Å². The number of halogens is 22. The molecule has 0 amide bonds. The van der Waals surface area contributed by atoms with Gasteiger partial charge in [-0.1, -0.05) is 0 Å². The smallest absolute Gasteiger partial charge is 0.286 e. The standard InChI is InChI=1S/C11F22O/c12-1(13,3(16,17)5(20,21)7(24,25)10(28,29)30)2(14,15)4(18,19)6(22,23)8(26)9(27,34-8)11(31,32)33. The zero-order chi connectivity index (χ0) is 28.2. The fourth-order valence-electron chi connectivity index (χ4n) is 2.04. The molecule has 0 aromatic rings. The Morgan fingerprint density at radius 3 is 0.853 bits per heavy atom. The molecule has 0 N–H and O–H groups in total. The Morgan fingerprint density at radius 2 is 0.618 bits per heavy atom. The lowest BCUT2D eigenvalue weighted by atomic mass is 9.87. The summed E-state index contributed by atoms with van der Waals surface area (Å²) in [6.07, 6.45) is -15.2. The minimum absolute atomic E-state index is 1.90. The third-order valence-corrected chi connectivity index (χ3v) is 4.14. The number of ether oxygens (including phenoxy) is 1. The van der Waals surface area contributed by atoms with Gasteiger partial charge >= 0.3 is 65.5 Å². The second-order valence-corrected chi connectivity index (χ2v) is 6.31. The van der Waals surface area contributed by atoms with E-state index in [2.05, 4.69) is 0 Å². The van der Waals surface area contributed by atoms with Gasteiger partial charge in [-0.3, -0.25) is 4.74 Å². The van der Waals surface area contributed by atoms with Gasteiger partial charge in [-0.05, 0) is 0 Å². The highest BCUT2D eigenvalue weighted by Gasteiger charge is 3.04. The van der Waals surface area contributed by atoms with E-state index in [1.807, 2.05) is 4.74 Å². The zero-order valence-electron chi connectivity index (χ0n) is 14.2. The molecule has 0 saturated carbocycles. The first-order chi connectivity index (χ1) is 14.2. The molecule has 23 heteroatoms. The molecule has 2 atom stereocenters. The molecule has 1 fully saturated rings. The number of hydrogen-bond donors (Lipinski definition) is 0. The molecule has 1 rings (SSSR count). The number of hydrogen-bond acceptors (Lipinski definition) is 1. The highest BCUT2D eigenvalue weighted by atomic mass is 19.4. The average Bonchev–Trinajstić information content (AvgIpc) is 3.18. The van der Waals surface area contributed by atoms with Crippen molar-refractivity contribution in [2.45, 2.75) is 65.5 Å². The Hall–Kier alpha value is -1.58. The van der Waals surface area contributed by atoms with Crippen molar-refractivity contribution in [1.82, 2.24) is 0 Å². The first-order valence-electron chi connectivity index (χ1n) is 7.07. The van der Waals surface area contributed by atoms with Crippen LogP contribution in [0.25, 0.3) is 0 Å². The van der Waals surface area contributed by atoms with E-state index in [1.165, 1.54) is 0 Å². The lowest BCUT2D eigenvalue weighted by Gasteiger charge is -2.42. The number of epoxide rings is 1. The third kappa shape index (κ3) is 3.08. The summed E-state index contributed by atoms with van der Waals surface area (Å²) in [6.45, 7) is 0. The highest BCUT2D eigenvalue weighted by Crippen LogP contribution is 2.72. The van der Waals surface area contributed by atoms with Gasteiger partial charge < -0.3 is 0 Å². The average molecular weight is 566 g/mol. The van der Waals surface area contributed by atoms with E-state index in [9.17, 15) is 96.6 Å². The minimum atomic E-state index is -9.16. The molecule has 1 heterocycles. The summed E-state index contributed by atoms with van der Waals surface area (Å²) in [7, 11) is 0. The molecule has 2 unspecified atom stereocenters. The normalized spacial score (nSPS) is 26.6. The van der Waals surface area contributed by atoms with Gasteiger partial charge in [-0.15, -0.1) is 0 Å². The Labute approximate surface area is 168 Å². The molecule has 1 aliphatic rings. The molecule has 1 aliphatic heterocycles. The maximum absolute atomic E-state index is 13.4. The van der Waals surface area contributed by atoms with Gasteiger partial charge in [0, 0.05) is 0 Å². The van der Waals surface area contributed by atoms with E-state index < -0.39 is 65.5 Å². The second kappa shape index (κ2) is 6.79. The molecular formula is C11F22O. The molecule has 1 nitrogen and oxygen atoms in total. The maximum Gasteiger partial charge on any atom is 0.460 e. The van der Waals surface area contributed by atoms with Crippen molar-refractivity contribution < 1.29 is 101 Å². The molecule has 0 spiro atoms. The monoisotopic (exact) mass is 566 g/mol. The van der Waals surface area contributed by atoms with Crippen LogP contribution in [0.15, 0.2) is 0 Å². The summed E-state index contributed by atoms with van der Waals surface area (Å²) in [5.74, 6) is -75.7. The molecule has 0 aliphatic carbocycles. The van der Waals surface area contributed by atoms with Crippen molar-refractivity contribution in [3.63, 3.8) is 0 Å². The van der Waals surface area contributed by atoms with E-state index >= 15 is 0 Å². The van der Waals surface area contributed by atoms with Crippen LogP contribution in [0.5, 0.6) is 0 Å². The lowest BCUT2D eigenvalue weighted by molar-refractivity contribution is -0.465. The van der Waals surface area contributed by atoms with Crippen LogP contribution in [0, 0.1) is 0 Å². The molecule has 34 heavy (non-hydrogen) atoms. The van der Waals surface area contributed by atoms with Crippen LogP contribution in [-0.2, 0) is 4.74 Å². The van der Waals surface area contributed by atoms with Crippen LogP contribution in [0.3, 0.4) is 0 Å². The Kier molecular flexibility index (Phi) is 6.08. The molecular weight excluding hydrogens is 566 g/mol. The first kappa shape index (κ1) is 30.5. The van der Waals surface area contributed by atoms with Crippen LogP contribution >= 0.6 is 0 Å². The zero-order valence-corrected chi connectivity index (χ0v) is 14.2. The molecule has 1 saturated heterocycles. The van der Waals surface area contributed by atoms with Crippen LogP contribution in [-0.4, -0.2) is 65.5 Å². The van der Waals surface area contributed by atoms with Crippen LogP contribution < -0.4 is 0 Å². The lowest BCUT2D eigenvalue weighted by Crippen LogP contribution is -2.75. The van der Waals surface area contributed by atoms with E-state index in [0.717, 1.165) is 0 Å². The fraction of sp³-hybridized carbons (Fsp3) is 1.00. The van der Waals surface area contributed by atoms with Gasteiger partial charge in [0.05, 0.1) is 0 Å². The van der Waals surface area contributed by atoms with Crippen molar-refractivity contribution in [3.05, 3.63) is 0 Å². The highest BCUT2D eigenvalue weighted by molar-refractivity contribution is 5.23. The van der Waals surface area contributed by atoms with E-state index in [-0.39, 0.29) is 0 Å². The summed E-state index contributed by atoms with van der Waals surface area (Å²) < 4.78 is 284. The van der Waals surface area contributed by atoms with Gasteiger partial charge in [0.15, 0.2) is 0 Å². The topological polar surface area (TPSA) is 12.5 Å². The van der Waals surface area contributed by atoms with E-state index in [4.69, 9.17) is 0 Å².